The second kappa shape index (κ2) is 5.24. The molecule has 1 saturated heterocycles. The summed E-state index contributed by atoms with van der Waals surface area (Å²) in [6, 6.07) is 0. The Morgan fingerprint density at radius 3 is 3.17 bits per heavy atom. The molecule has 0 aliphatic carbocycles. The first-order valence-electron chi connectivity index (χ1n) is 4.34. The summed E-state index contributed by atoms with van der Waals surface area (Å²) in [5.41, 5.74) is 0. The Hall–Kier alpha value is -0.450. The van der Waals surface area contributed by atoms with Crippen LogP contribution in [0.2, 0.25) is 0 Å². The number of nitrogens with one attached hydrogen (secondary N) is 2. The molecule has 1 aliphatic rings. The van der Waals surface area contributed by atoms with Crippen molar-refractivity contribution < 1.29 is 9.53 Å². The summed E-state index contributed by atoms with van der Waals surface area (Å²) >= 11 is 0. The van der Waals surface area contributed by atoms with Crippen molar-refractivity contribution in [2.24, 2.45) is 0 Å². The van der Waals surface area contributed by atoms with Crippen molar-refractivity contribution in [3.05, 3.63) is 0 Å². The lowest BCUT2D eigenvalue weighted by atomic mass is 10.1. The predicted octanol–water partition coefficient (Wildman–Crippen LogP) is -0.847. The summed E-state index contributed by atoms with van der Waals surface area (Å²) in [4.78, 5) is 11.4. The quantitative estimate of drug-likeness (QED) is 0.580. The highest BCUT2D eigenvalue weighted by Gasteiger charge is 2.20. The van der Waals surface area contributed by atoms with Gasteiger partial charge in [0.2, 0.25) is 0 Å². The lowest BCUT2D eigenvalue weighted by Gasteiger charge is -2.22. The average Bonchev–Trinajstić information content (AvgIpc) is 2.15. The van der Waals surface area contributed by atoms with Gasteiger partial charge in [-0.1, -0.05) is 0 Å². The van der Waals surface area contributed by atoms with Gasteiger partial charge in [0, 0.05) is 26.1 Å². The summed E-state index contributed by atoms with van der Waals surface area (Å²) in [7, 11) is 1.84. The van der Waals surface area contributed by atoms with Crippen LogP contribution < -0.4 is 10.6 Å². The SMILES string of the molecule is CNCCC(=O)C1CNCCO1. The third-order valence-electron chi connectivity index (χ3n) is 1.91. The molecule has 0 saturated carbocycles. The van der Waals surface area contributed by atoms with Crippen LogP contribution in [0.4, 0.5) is 0 Å². The minimum Gasteiger partial charge on any atom is -0.368 e. The van der Waals surface area contributed by atoms with Gasteiger partial charge in [0.1, 0.15) is 6.10 Å². The molecule has 0 aromatic rings. The van der Waals surface area contributed by atoms with E-state index < -0.39 is 0 Å². The molecule has 1 aliphatic heterocycles. The van der Waals surface area contributed by atoms with Crippen LogP contribution in [0.15, 0.2) is 0 Å². The Kier molecular flexibility index (Phi) is 4.21. The molecule has 2 N–H and O–H groups in total. The number of ketones is 1. The molecule has 0 radical (unpaired) electrons. The van der Waals surface area contributed by atoms with Crippen molar-refractivity contribution in [2.45, 2.75) is 12.5 Å². The molecule has 70 valence electrons. The van der Waals surface area contributed by atoms with E-state index >= 15 is 0 Å². The predicted molar refractivity (Wildman–Crippen MR) is 46.2 cm³/mol. The van der Waals surface area contributed by atoms with Gasteiger partial charge in [-0.15, -0.1) is 0 Å². The van der Waals surface area contributed by atoms with Gasteiger partial charge in [0.25, 0.3) is 0 Å². The first-order chi connectivity index (χ1) is 5.84. The Labute approximate surface area is 72.7 Å². The van der Waals surface area contributed by atoms with Crippen molar-refractivity contribution >= 4 is 5.78 Å². The third-order valence-corrected chi connectivity index (χ3v) is 1.91. The van der Waals surface area contributed by atoms with Crippen molar-refractivity contribution in [1.29, 1.82) is 0 Å². The standard InChI is InChI=1S/C8H16N2O2/c1-9-3-2-7(11)8-6-10-4-5-12-8/h8-10H,2-6H2,1H3. The molecule has 0 aromatic heterocycles. The Morgan fingerprint density at radius 2 is 2.58 bits per heavy atom. The molecule has 0 spiro atoms. The van der Waals surface area contributed by atoms with Gasteiger partial charge in [-0.05, 0) is 7.05 Å². The molecule has 4 heteroatoms. The number of carbonyl (C=O) groups is 1. The van der Waals surface area contributed by atoms with Gasteiger partial charge in [-0.3, -0.25) is 4.79 Å². The maximum atomic E-state index is 11.4. The van der Waals surface area contributed by atoms with E-state index in [1.165, 1.54) is 0 Å². The zero-order chi connectivity index (χ0) is 8.81. The van der Waals surface area contributed by atoms with E-state index in [0.717, 1.165) is 13.1 Å². The number of morpholine rings is 1. The van der Waals surface area contributed by atoms with E-state index in [1.54, 1.807) is 0 Å². The number of Topliss-reactive ketones (excluding diaryl/α,β-unsaturated/α-hetero) is 1. The number of ether oxygens (including phenoxy) is 1. The molecule has 4 nitrogen and oxygen atoms in total. The van der Waals surface area contributed by atoms with Crippen molar-refractivity contribution in [2.75, 3.05) is 33.3 Å². The van der Waals surface area contributed by atoms with Crippen molar-refractivity contribution in [1.82, 2.24) is 10.6 Å². The van der Waals surface area contributed by atoms with Crippen LogP contribution in [-0.2, 0) is 9.53 Å². The molecule has 1 atom stereocenters. The molecular weight excluding hydrogens is 156 g/mol. The largest absolute Gasteiger partial charge is 0.368 e. The Bertz CT molecular complexity index is 144. The van der Waals surface area contributed by atoms with Crippen LogP contribution in [0, 0.1) is 0 Å². The van der Waals surface area contributed by atoms with E-state index in [4.69, 9.17) is 4.74 Å². The molecular formula is C8H16N2O2. The number of carbonyl (C=O) groups excluding carboxylic acids is 1. The van der Waals surface area contributed by atoms with Gasteiger partial charge in [0.15, 0.2) is 5.78 Å². The summed E-state index contributed by atoms with van der Waals surface area (Å²) < 4.78 is 5.30. The normalized spacial score (nSPS) is 23.9. The van der Waals surface area contributed by atoms with Gasteiger partial charge in [0.05, 0.1) is 6.61 Å². The van der Waals surface area contributed by atoms with Crippen molar-refractivity contribution in [3.63, 3.8) is 0 Å². The van der Waals surface area contributed by atoms with E-state index in [-0.39, 0.29) is 11.9 Å². The van der Waals surface area contributed by atoms with Crippen LogP contribution in [0.3, 0.4) is 0 Å². The third kappa shape index (κ3) is 2.89. The maximum absolute atomic E-state index is 11.4. The molecule has 1 rings (SSSR count). The van der Waals surface area contributed by atoms with Crippen LogP contribution in [0.25, 0.3) is 0 Å². The summed E-state index contributed by atoms with van der Waals surface area (Å²) in [6.45, 7) is 2.91. The van der Waals surface area contributed by atoms with Crippen molar-refractivity contribution in [3.8, 4) is 0 Å². The van der Waals surface area contributed by atoms with Crippen LogP contribution in [-0.4, -0.2) is 45.2 Å². The minimum atomic E-state index is -0.216. The Balaban J connectivity index is 2.20. The monoisotopic (exact) mass is 172 g/mol. The topological polar surface area (TPSA) is 50.4 Å². The first kappa shape index (κ1) is 9.64. The van der Waals surface area contributed by atoms with E-state index in [1.807, 2.05) is 7.05 Å². The Morgan fingerprint density at radius 1 is 1.75 bits per heavy atom. The molecule has 1 unspecified atom stereocenters. The van der Waals surface area contributed by atoms with Crippen LogP contribution in [0.1, 0.15) is 6.42 Å². The fraction of sp³-hybridized carbons (Fsp3) is 0.875. The lowest BCUT2D eigenvalue weighted by Crippen LogP contribution is -2.43. The highest BCUT2D eigenvalue weighted by molar-refractivity contribution is 5.83. The molecule has 1 heterocycles. The minimum absolute atomic E-state index is 0.191. The fourth-order valence-electron chi connectivity index (χ4n) is 1.18. The summed E-state index contributed by atoms with van der Waals surface area (Å²) in [5, 5.41) is 6.07. The van der Waals surface area contributed by atoms with Gasteiger partial charge in [-0.25, -0.2) is 0 Å². The second-order valence-electron chi connectivity index (χ2n) is 2.88. The zero-order valence-electron chi connectivity index (χ0n) is 7.43. The van der Waals surface area contributed by atoms with E-state index in [0.29, 0.717) is 19.6 Å². The maximum Gasteiger partial charge on any atom is 0.164 e. The second-order valence-corrected chi connectivity index (χ2v) is 2.88. The van der Waals surface area contributed by atoms with Crippen LogP contribution in [0.5, 0.6) is 0 Å². The van der Waals surface area contributed by atoms with Crippen LogP contribution >= 0.6 is 0 Å². The van der Waals surface area contributed by atoms with E-state index in [9.17, 15) is 4.79 Å². The summed E-state index contributed by atoms with van der Waals surface area (Å²) in [5.74, 6) is 0.191. The van der Waals surface area contributed by atoms with Gasteiger partial charge in [-0.2, -0.15) is 0 Å². The average molecular weight is 172 g/mol. The molecule has 12 heavy (non-hydrogen) atoms. The molecule has 0 aromatic carbocycles. The first-order valence-corrected chi connectivity index (χ1v) is 4.34. The zero-order valence-corrected chi connectivity index (χ0v) is 7.43. The van der Waals surface area contributed by atoms with Gasteiger partial charge >= 0.3 is 0 Å². The van der Waals surface area contributed by atoms with Gasteiger partial charge < -0.3 is 15.4 Å². The fourth-order valence-corrected chi connectivity index (χ4v) is 1.18. The lowest BCUT2D eigenvalue weighted by molar-refractivity contribution is -0.131. The number of hydrogen-bond donors (Lipinski definition) is 2. The molecule has 1 fully saturated rings. The molecule has 0 amide bonds. The van der Waals surface area contributed by atoms with E-state index in [2.05, 4.69) is 10.6 Å². The smallest absolute Gasteiger partial charge is 0.164 e. The number of hydrogen-bond acceptors (Lipinski definition) is 4. The number of rotatable bonds is 4. The summed E-state index contributed by atoms with van der Waals surface area (Å²) in [6.07, 6.45) is 0.343. The highest BCUT2D eigenvalue weighted by Crippen LogP contribution is 1.99. The highest BCUT2D eigenvalue weighted by atomic mass is 16.5. The molecule has 0 bridgehead atoms.